The summed E-state index contributed by atoms with van der Waals surface area (Å²) in [5.41, 5.74) is 6.65. The second kappa shape index (κ2) is 6.35. The Morgan fingerprint density at radius 3 is 2.83 bits per heavy atom. The highest BCUT2D eigenvalue weighted by Gasteiger charge is 2.29. The highest BCUT2D eigenvalue weighted by atomic mass is 19.1. The van der Waals surface area contributed by atoms with Gasteiger partial charge in [-0.25, -0.2) is 19.0 Å². The van der Waals surface area contributed by atoms with Crippen molar-refractivity contribution in [1.82, 2.24) is 24.5 Å². The molecule has 2 aliphatic rings. The largest absolute Gasteiger partial charge is 0.474 e. The fraction of sp³-hybridized carbons (Fsp3) is 0.182. The van der Waals surface area contributed by atoms with Crippen LogP contribution in [0.25, 0.3) is 11.4 Å². The summed E-state index contributed by atoms with van der Waals surface area (Å²) in [5.74, 6) is 0.244. The molecule has 0 radical (unpaired) electrons. The first kappa shape index (κ1) is 17.1. The maximum Gasteiger partial charge on any atom is 0.238 e. The molecule has 8 heteroatoms. The van der Waals surface area contributed by atoms with E-state index in [1.807, 2.05) is 4.68 Å². The minimum Gasteiger partial charge on any atom is -0.474 e. The van der Waals surface area contributed by atoms with Crippen LogP contribution in [0.5, 0.6) is 0 Å². The van der Waals surface area contributed by atoms with E-state index in [-0.39, 0.29) is 11.9 Å². The van der Waals surface area contributed by atoms with Crippen molar-refractivity contribution >= 4 is 5.90 Å². The zero-order valence-corrected chi connectivity index (χ0v) is 16.2. The Morgan fingerprint density at radius 1 is 1.10 bits per heavy atom. The molecular formula is C22H17FN6O. The van der Waals surface area contributed by atoms with Gasteiger partial charge in [-0.15, -0.1) is 5.10 Å². The van der Waals surface area contributed by atoms with Crippen molar-refractivity contribution < 1.29 is 9.13 Å². The predicted molar refractivity (Wildman–Crippen MR) is 108 cm³/mol. The molecule has 0 bridgehead atoms. The van der Waals surface area contributed by atoms with Gasteiger partial charge in [0, 0.05) is 6.42 Å². The van der Waals surface area contributed by atoms with E-state index < -0.39 is 0 Å². The molecule has 0 unspecified atom stereocenters. The topological polar surface area (TPSA) is 70.1 Å². The molecule has 0 aliphatic carbocycles. The molecule has 148 valence electrons. The van der Waals surface area contributed by atoms with E-state index in [1.54, 1.807) is 24.7 Å². The van der Waals surface area contributed by atoms with E-state index in [0.29, 0.717) is 24.6 Å². The average molecular weight is 400 g/mol. The van der Waals surface area contributed by atoms with Crippen molar-refractivity contribution in [3.63, 3.8) is 0 Å². The first-order valence-corrected chi connectivity index (χ1v) is 9.71. The summed E-state index contributed by atoms with van der Waals surface area (Å²) >= 11 is 0. The van der Waals surface area contributed by atoms with E-state index in [9.17, 15) is 4.39 Å². The summed E-state index contributed by atoms with van der Waals surface area (Å²) < 4.78 is 23.1. The lowest BCUT2D eigenvalue weighted by atomic mass is 10.1. The highest BCUT2D eigenvalue weighted by molar-refractivity contribution is 5.95. The van der Waals surface area contributed by atoms with Gasteiger partial charge >= 0.3 is 0 Å². The third-order valence-corrected chi connectivity index (χ3v) is 5.56. The zero-order valence-electron chi connectivity index (χ0n) is 16.2. The molecule has 2 aromatic carbocycles. The van der Waals surface area contributed by atoms with Crippen molar-refractivity contribution in [3.05, 3.63) is 89.0 Å². The maximum absolute atomic E-state index is 13.2. The summed E-state index contributed by atoms with van der Waals surface area (Å²) in [6.45, 7) is 2.46. The second-order valence-electron chi connectivity index (χ2n) is 7.53. The number of ether oxygens (including phenoxy) is 1. The Balaban J connectivity index is 1.46. The Labute approximate surface area is 171 Å². The summed E-state index contributed by atoms with van der Waals surface area (Å²) in [5, 5.41) is 8.40. The normalized spacial score (nSPS) is 16.9. The lowest BCUT2D eigenvalue weighted by Crippen LogP contribution is -2.08. The number of imidazole rings is 1. The molecule has 0 saturated carbocycles. The second-order valence-corrected chi connectivity index (χ2v) is 7.53. The monoisotopic (exact) mass is 400 g/mol. The number of halogens is 1. The van der Waals surface area contributed by atoms with Crippen LogP contribution in [0.1, 0.15) is 34.3 Å². The van der Waals surface area contributed by atoms with Crippen LogP contribution in [-0.2, 0) is 11.2 Å². The maximum atomic E-state index is 13.2. The van der Waals surface area contributed by atoms with Gasteiger partial charge in [-0.2, -0.15) is 0 Å². The van der Waals surface area contributed by atoms with E-state index in [1.165, 1.54) is 12.1 Å². The molecular weight excluding hydrogens is 383 g/mol. The number of rotatable bonds is 2. The molecule has 0 spiro atoms. The van der Waals surface area contributed by atoms with Crippen LogP contribution in [0.3, 0.4) is 0 Å². The molecule has 2 aliphatic heterocycles. The number of fused-ring (bicyclic) bond motifs is 5. The van der Waals surface area contributed by atoms with Gasteiger partial charge < -0.3 is 4.74 Å². The lowest BCUT2D eigenvalue weighted by molar-refractivity contribution is 0.319. The predicted octanol–water partition coefficient (Wildman–Crippen LogP) is 3.32. The lowest BCUT2D eigenvalue weighted by Gasteiger charge is -2.10. The Kier molecular flexibility index (Phi) is 3.61. The molecule has 30 heavy (non-hydrogen) atoms. The standard InChI is InChI=1S/C22H17FN6O/c1-13-2-7-18-19(8-13)29-16(10-25-27-29)9-20-21(24-12-28(18)20)22-26-17(11-30-22)14-3-5-15(23)6-4-14/h2-8,10,12,17H,9,11H2,1H3/t17-/m1/s1. The fourth-order valence-corrected chi connectivity index (χ4v) is 4.05. The molecule has 2 aromatic heterocycles. The summed E-state index contributed by atoms with van der Waals surface area (Å²) in [4.78, 5) is 9.38. The van der Waals surface area contributed by atoms with Crippen molar-refractivity contribution in [2.45, 2.75) is 19.4 Å². The van der Waals surface area contributed by atoms with Crippen LogP contribution < -0.4 is 0 Å². The molecule has 7 nitrogen and oxygen atoms in total. The zero-order chi connectivity index (χ0) is 20.2. The van der Waals surface area contributed by atoms with Crippen LogP contribution in [0.15, 0.2) is 60.0 Å². The van der Waals surface area contributed by atoms with Crippen molar-refractivity contribution in [3.8, 4) is 11.4 Å². The quantitative estimate of drug-likeness (QED) is 0.456. The van der Waals surface area contributed by atoms with Gasteiger partial charge in [0.2, 0.25) is 5.90 Å². The Morgan fingerprint density at radius 2 is 1.97 bits per heavy atom. The number of hydrogen-bond acceptors (Lipinski definition) is 5. The third kappa shape index (κ3) is 2.57. The molecule has 4 aromatic rings. The fourth-order valence-electron chi connectivity index (χ4n) is 4.05. The smallest absolute Gasteiger partial charge is 0.238 e. The first-order chi connectivity index (χ1) is 14.7. The van der Waals surface area contributed by atoms with Gasteiger partial charge in [-0.1, -0.05) is 23.4 Å². The summed E-state index contributed by atoms with van der Waals surface area (Å²) in [7, 11) is 0. The van der Waals surface area contributed by atoms with Gasteiger partial charge in [-0.05, 0) is 42.3 Å². The van der Waals surface area contributed by atoms with Gasteiger partial charge in [0.1, 0.15) is 30.5 Å². The highest BCUT2D eigenvalue weighted by Crippen LogP contribution is 2.31. The SMILES string of the molecule is Cc1ccc2c(c1)-n1nncc1Cc1c(C3=N[C@@H](c4ccc(F)cc4)CO3)ncn1-2. The molecule has 0 fully saturated rings. The number of benzene rings is 2. The van der Waals surface area contributed by atoms with Crippen LogP contribution >= 0.6 is 0 Å². The number of nitrogens with zero attached hydrogens (tertiary/aromatic N) is 6. The number of aryl methyl sites for hydroxylation is 1. The van der Waals surface area contributed by atoms with Crippen LogP contribution in [0, 0.1) is 12.7 Å². The molecule has 4 heterocycles. The molecule has 0 N–H and O–H groups in total. The van der Waals surface area contributed by atoms with E-state index in [0.717, 1.165) is 33.9 Å². The number of aliphatic imine (C=N–C) groups is 1. The van der Waals surface area contributed by atoms with E-state index >= 15 is 0 Å². The van der Waals surface area contributed by atoms with Crippen LogP contribution in [-0.4, -0.2) is 37.0 Å². The van der Waals surface area contributed by atoms with Gasteiger partial charge in [0.25, 0.3) is 0 Å². The van der Waals surface area contributed by atoms with E-state index in [4.69, 9.17) is 9.73 Å². The Bertz CT molecular complexity index is 1300. The van der Waals surface area contributed by atoms with Crippen molar-refractivity contribution in [2.75, 3.05) is 6.61 Å². The number of hydrogen-bond donors (Lipinski definition) is 0. The Hall–Kier alpha value is -3.81. The van der Waals surface area contributed by atoms with Gasteiger partial charge in [0.05, 0.1) is 29.0 Å². The third-order valence-electron chi connectivity index (χ3n) is 5.56. The summed E-state index contributed by atoms with van der Waals surface area (Å²) in [6.07, 6.45) is 4.17. The van der Waals surface area contributed by atoms with Crippen molar-refractivity contribution in [1.29, 1.82) is 0 Å². The van der Waals surface area contributed by atoms with Crippen LogP contribution in [0.2, 0.25) is 0 Å². The van der Waals surface area contributed by atoms with E-state index in [2.05, 4.69) is 45.0 Å². The molecule has 6 rings (SSSR count). The number of aromatic nitrogens is 5. The first-order valence-electron chi connectivity index (χ1n) is 9.71. The van der Waals surface area contributed by atoms with Crippen LogP contribution in [0.4, 0.5) is 4.39 Å². The van der Waals surface area contributed by atoms with Gasteiger partial charge in [-0.3, -0.25) is 4.57 Å². The summed E-state index contributed by atoms with van der Waals surface area (Å²) in [6, 6.07) is 12.4. The van der Waals surface area contributed by atoms with Gasteiger partial charge in [0.15, 0.2) is 0 Å². The minimum absolute atomic E-state index is 0.175. The average Bonchev–Trinajstić information content (AvgIpc) is 3.48. The molecule has 0 amide bonds. The minimum atomic E-state index is -0.264. The molecule has 0 saturated heterocycles. The van der Waals surface area contributed by atoms with Crippen molar-refractivity contribution in [2.24, 2.45) is 4.99 Å². The molecule has 1 atom stereocenters.